The molecule has 0 radical (unpaired) electrons. The number of urea groups is 1. The van der Waals surface area contributed by atoms with Crippen molar-refractivity contribution in [1.82, 2.24) is 20.8 Å². The number of amides is 2. The van der Waals surface area contributed by atoms with Crippen molar-refractivity contribution in [2.45, 2.75) is 52.5 Å². The van der Waals surface area contributed by atoms with Gasteiger partial charge in [0.05, 0.1) is 0 Å². The smallest absolute Gasteiger partial charge is 0.315 e. The lowest BCUT2D eigenvalue weighted by Gasteiger charge is -2.14. The van der Waals surface area contributed by atoms with E-state index in [0.717, 1.165) is 0 Å². The summed E-state index contributed by atoms with van der Waals surface area (Å²) < 4.78 is 5.18. The molecule has 0 spiro atoms. The Morgan fingerprint density at radius 2 is 2.05 bits per heavy atom. The molecule has 7 nitrogen and oxygen atoms in total. The Morgan fingerprint density at radius 3 is 2.57 bits per heavy atom. The Morgan fingerprint density at radius 1 is 1.38 bits per heavy atom. The first kappa shape index (κ1) is 17.4. The maximum absolute atomic E-state index is 11.8. The molecule has 21 heavy (non-hydrogen) atoms. The maximum atomic E-state index is 11.8. The van der Waals surface area contributed by atoms with Crippen LogP contribution in [0.25, 0.3) is 0 Å². The SMILES string of the molecule is CC(CCO)CNC(=O)NC(C)c1nc(C(C)(C)C)no1. The largest absolute Gasteiger partial charge is 0.396 e. The van der Waals surface area contributed by atoms with Gasteiger partial charge in [-0.3, -0.25) is 0 Å². The van der Waals surface area contributed by atoms with Crippen LogP contribution in [0.4, 0.5) is 4.79 Å². The number of hydrogen-bond donors (Lipinski definition) is 3. The molecule has 1 aromatic heterocycles. The molecule has 0 saturated heterocycles. The van der Waals surface area contributed by atoms with Crippen LogP contribution in [0.3, 0.4) is 0 Å². The summed E-state index contributed by atoms with van der Waals surface area (Å²) in [6, 6.07) is -0.649. The molecule has 1 rings (SSSR count). The highest BCUT2D eigenvalue weighted by molar-refractivity contribution is 5.74. The van der Waals surface area contributed by atoms with Crippen molar-refractivity contribution in [2.24, 2.45) is 5.92 Å². The van der Waals surface area contributed by atoms with Gasteiger partial charge in [0.15, 0.2) is 5.82 Å². The van der Waals surface area contributed by atoms with Crippen LogP contribution in [-0.2, 0) is 5.41 Å². The van der Waals surface area contributed by atoms with E-state index in [1.165, 1.54) is 0 Å². The molecule has 0 aliphatic heterocycles. The number of nitrogens with zero attached hydrogens (tertiary/aromatic N) is 2. The Kier molecular flexibility index (Phi) is 6.14. The lowest BCUT2D eigenvalue weighted by Crippen LogP contribution is -2.39. The van der Waals surface area contributed by atoms with Gasteiger partial charge in [-0.25, -0.2) is 4.79 Å². The Bertz CT molecular complexity index is 453. The summed E-state index contributed by atoms with van der Waals surface area (Å²) >= 11 is 0. The van der Waals surface area contributed by atoms with Gasteiger partial charge in [-0.15, -0.1) is 0 Å². The van der Waals surface area contributed by atoms with E-state index in [0.29, 0.717) is 24.7 Å². The van der Waals surface area contributed by atoms with Crippen molar-refractivity contribution in [1.29, 1.82) is 0 Å². The summed E-state index contributed by atoms with van der Waals surface area (Å²) in [5.74, 6) is 1.23. The Labute approximate surface area is 125 Å². The molecule has 1 heterocycles. The van der Waals surface area contributed by atoms with Crippen LogP contribution >= 0.6 is 0 Å². The molecule has 2 amide bonds. The molecule has 2 unspecified atom stereocenters. The molecular weight excluding hydrogens is 272 g/mol. The van der Waals surface area contributed by atoms with Gasteiger partial charge < -0.3 is 20.3 Å². The number of carbonyl (C=O) groups is 1. The number of rotatable bonds is 6. The second-order valence-corrected chi connectivity index (χ2v) is 6.40. The molecule has 0 saturated carbocycles. The fraction of sp³-hybridized carbons (Fsp3) is 0.786. The van der Waals surface area contributed by atoms with E-state index in [4.69, 9.17) is 9.63 Å². The molecule has 2 atom stereocenters. The molecular formula is C14H26N4O3. The minimum Gasteiger partial charge on any atom is -0.396 e. The van der Waals surface area contributed by atoms with Gasteiger partial charge in [0.25, 0.3) is 0 Å². The third-order valence-corrected chi connectivity index (χ3v) is 3.06. The summed E-state index contributed by atoms with van der Waals surface area (Å²) in [6.45, 7) is 10.4. The zero-order chi connectivity index (χ0) is 16.0. The second kappa shape index (κ2) is 7.40. The first-order chi connectivity index (χ1) is 9.74. The summed E-state index contributed by atoms with van der Waals surface area (Å²) in [5, 5.41) is 18.2. The van der Waals surface area contributed by atoms with Crippen LogP contribution in [0.1, 0.15) is 58.8 Å². The van der Waals surface area contributed by atoms with E-state index in [-0.39, 0.29) is 30.0 Å². The Balaban J connectivity index is 2.47. The van der Waals surface area contributed by atoms with E-state index in [1.807, 2.05) is 27.7 Å². The molecule has 0 aliphatic rings. The summed E-state index contributed by atoms with van der Waals surface area (Å²) in [6.07, 6.45) is 0.661. The van der Waals surface area contributed by atoms with E-state index in [1.54, 1.807) is 6.92 Å². The molecule has 1 aromatic rings. The average molecular weight is 298 g/mol. The zero-order valence-electron chi connectivity index (χ0n) is 13.4. The zero-order valence-corrected chi connectivity index (χ0v) is 13.4. The van der Waals surface area contributed by atoms with Gasteiger partial charge >= 0.3 is 6.03 Å². The minimum absolute atomic E-state index is 0.123. The highest BCUT2D eigenvalue weighted by Gasteiger charge is 2.23. The van der Waals surface area contributed by atoms with Crippen LogP contribution in [0.2, 0.25) is 0 Å². The fourth-order valence-electron chi connectivity index (χ4n) is 1.61. The molecule has 3 N–H and O–H groups in total. The van der Waals surface area contributed by atoms with Crippen molar-refractivity contribution >= 4 is 6.03 Å². The van der Waals surface area contributed by atoms with Gasteiger partial charge in [-0.05, 0) is 19.3 Å². The quantitative estimate of drug-likeness (QED) is 0.743. The lowest BCUT2D eigenvalue weighted by atomic mass is 9.96. The van der Waals surface area contributed by atoms with Crippen LogP contribution in [0.5, 0.6) is 0 Å². The summed E-state index contributed by atoms with van der Waals surface area (Å²) in [5.41, 5.74) is -0.191. The number of aliphatic hydroxyl groups is 1. The van der Waals surface area contributed by atoms with Crippen molar-refractivity contribution in [3.8, 4) is 0 Å². The normalized spacial score (nSPS) is 14.6. The van der Waals surface area contributed by atoms with Crippen molar-refractivity contribution in [3.05, 3.63) is 11.7 Å². The van der Waals surface area contributed by atoms with Crippen LogP contribution in [-0.4, -0.2) is 34.4 Å². The number of hydrogen-bond acceptors (Lipinski definition) is 5. The van der Waals surface area contributed by atoms with Gasteiger partial charge in [0.1, 0.15) is 6.04 Å². The number of aliphatic hydroxyl groups excluding tert-OH is 1. The van der Waals surface area contributed by atoms with Gasteiger partial charge in [0.2, 0.25) is 5.89 Å². The highest BCUT2D eigenvalue weighted by atomic mass is 16.5. The monoisotopic (exact) mass is 298 g/mol. The van der Waals surface area contributed by atoms with Gasteiger partial charge in [-0.1, -0.05) is 32.9 Å². The van der Waals surface area contributed by atoms with E-state index in [2.05, 4.69) is 20.8 Å². The molecule has 120 valence electrons. The van der Waals surface area contributed by atoms with Crippen molar-refractivity contribution < 1.29 is 14.4 Å². The average Bonchev–Trinajstić information content (AvgIpc) is 2.86. The topological polar surface area (TPSA) is 100 Å². The van der Waals surface area contributed by atoms with Crippen LogP contribution in [0.15, 0.2) is 4.52 Å². The molecule has 0 aromatic carbocycles. The van der Waals surface area contributed by atoms with Crippen LogP contribution in [0, 0.1) is 5.92 Å². The van der Waals surface area contributed by atoms with Crippen LogP contribution < -0.4 is 10.6 Å². The van der Waals surface area contributed by atoms with E-state index >= 15 is 0 Å². The van der Waals surface area contributed by atoms with Gasteiger partial charge in [0, 0.05) is 18.6 Å². The molecule has 0 fully saturated rings. The van der Waals surface area contributed by atoms with Gasteiger partial charge in [-0.2, -0.15) is 4.98 Å². The lowest BCUT2D eigenvalue weighted by molar-refractivity contribution is 0.228. The summed E-state index contributed by atoms with van der Waals surface area (Å²) in [7, 11) is 0. The number of carbonyl (C=O) groups excluding carboxylic acids is 1. The minimum atomic E-state index is -0.359. The predicted octanol–water partition coefficient (Wildman–Crippen LogP) is 1.75. The fourth-order valence-corrected chi connectivity index (χ4v) is 1.61. The van der Waals surface area contributed by atoms with Crippen molar-refractivity contribution in [3.63, 3.8) is 0 Å². The Hall–Kier alpha value is -1.63. The maximum Gasteiger partial charge on any atom is 0.315 e. The van der Waals surface area contributed by atoms with E-state index in [9.17, 15) is 4.79 Å². The molecule has 0 bridgehead atoms. The summed E-state index contributed by atoms with van der Waals surface area (Å²) in [4.78, 5) is 16.1. The first-order valence-corrected chi connectivity index (χ1v) is 7.23. The third kappa shape index (κ3) is 5.71. The molecule has 0 aliphatic carbocycles. The van der Waals surface area contributed by atoms with Crippen molar-refractivity contribution in [2.75, 3.05) is 13.2 Å². The standard InChI is InChI=1S/C14H26N4O3/c1-9(6-7-19)8-15-13(20)16-10(2)11-17-12(18-21-11)14(3,4)5/h9-10,19H,6-8H2,1-5H3,(H2,15,16,20). The second-order valence-electron chi connectivity index (χ2n) is 6.40. The van der Waals surface area contributed by atoms with E-state index < -0.39 is 0 Å². The first-order valence-electron chi connectivity index (χ1n) is 7.23. The molecule has 7 heteroatoms. The highest BCUT2D eigenvalue weighted by Crippen LogP contribution is 2.20. The number of aromatic nitrogens is 2. The third-order valence-electron chi connectivity index (χ3n) is 3.06. The predicted molar refractivity (Wildman–Crippen MR) is 78.8 cm³/mol. The number of nitrogens with one attached hydrogen (secondary N) is 2.